The van der Waals surface area contributed by atoms with E-state index >= 15 is 0 Å². The minimum atomic E-state index is -0.0880. The van der Waals surface area contributed by atoms with Crippen molar-refractivity contribution in [3.8, 4) is 0 Å². The van der Waals surface area contributed by atoms with Crippen LogP contribution in [0, 0.1) is 0 Å². The van der Waals surface area contributed by atoms with Crippen LogP contribution < -0.4 is 4.90 Å². The van der Waals surface area contributed by atoms with Gasteiger partial charge in [-0.05, 0) is 86.5 Å². The average molecular weight is 611 g/mol. The highest BCUT2D eigenvalue weighted by Gasteiger charge is 2.43. The predicted octanol–water partition coefficient (Wildman–Crippen LogP) is 10.0. The number of likely N-dealkylation sites (N-methyl/N-ethyl adjacent to an activating group) is 1. The van der Waals surface area contributed by atoms with Crippen LogP contribution >= 0.6 is 11.8 Å². The van der Waals surface area contributed by atoms with Crippen LogP contribution in [0.25, 0.3) is 11.1 Å². The lowest BCUT2D eigenvalue weighted by atomic mass is 9.81. The molecule has 3 aliphatic rings. The molecule has 0 spiro atoms. The highest BCUT2D eigenvalue weighted by Crippen LogP contribution is 2.48. The van der Waals surface area contributed by atoms with Crippen LogP contribution in [0.15, 0.2) is 141 Å². The maximum atomic E-state index is 6.20. The zero-order chi connectivity index (χ0) is 31.3. The van der Waals surface area contributed by atoms with Crippen LogP contribution in [0.4, 0.5) is 11.4 Å². The van der Waals surface area contributed by atoms with E-state index in [4.69, 9.17) is 9.40 Å². The number of oxazole rings is 1. The van der Waals surface area contributed by atoms with Crippen LogP contribution in [-0.2, 0) is 10.8 Å². The molecule has 3 heterocycles. The molecular weight excluding hydrogens is 571 g/mol. The van der Waals surface area contributed by atoms with Crippen molar-refractivity contribution < 1.29 is 8.99 Å². The lowest BCUT2D eigenvalue weighted by Crippen LogP contribution is -2.27. The molecule has 0 saturated carbocycles. The van der Waals surface area contributed by atoms with Crippen molar-refractivity contribution in [1.29, 1.82) is 0 Å². The van der Waals surface area contributed by atoms with E-state index in [9.17, 15) is 0 Å². The van der Waals surface area contributed by atoms with Crippen LogP contribution in [0.3, 0.4) is 0 Å². The first-order valence-corrected chi connectivity index (χ1v) is 16.7. The van der Waals surface area contributed by atoms with E-state index in [1.54, 1.807) is 11.8 Å². The Bertz CT molecular complexity index is 1980. The van der Waals surface area contributed by atoms with Crippen molar-refractivity contribution in [1.82, 2.24) is 4.98 Å². The molecule has 7 rings (SSSR count). The second-order valence-electron chi connectivity index (χ2n) is 12.8. The molecule has 0 N–H and O–H groups in total. The molecule has 0 fully saturated rings. The highest BCUT2D eigenvalue weighted by atomic mass is 32.2. The minimum Gasteiger partial charge on any atom is -0.431 e. The summed E-state index contributed by atoms with van der Waals surface area (Å²) in [7, 11) is 0. The van der Waals surface area contributed by atoms with Gasteiger partial charge in [0.2, 0.25) is 5.69 Å². The molecule has 0 bridgehead atoms. The minimum absolute atomic E-state index is 0.0880. The molecule has 1 aromatic heterocycles. The summed E-state index contributed by atoms with van der Waals surface area (Å²) < 4.78 is 8.65. The van der Waals surface area contributed by atoms with E-state index in [1.807, 2.05) is 24.3 Å². The Labute approximate surface area is 270 Å². The van der Waals surface area contributed by atoms with Crippen molar-refractivity contribution in [3.63, 3.8) is 0 Å². The van der Waals surface area contributed by atoms with Gasteiger partial charge in [-0.25, -0.2) is 4.98 Å². The van der Waals surface area contributed by atoms with Crippen LogP contribution in [0.2, 0.25) is 0 Å². The first-order chi connectivity index (χ1) is 21.7. The monoisotopic (exact) mass is 610 g/mol. The normalized spacial score (nSPS) is 20.1. The fourth-order valence-corrected chi connectivity index (χ4v) is 8.12. The zero-order valence-corrected chi connectivity index (χ0v) is 27.8. The van der Waals surface area contributed by atoms with Gasteiger partial charge in [0.05, 0.1) is 5.41 Å². The van der Waals surface area contributed by atoms with E-state index in [1.165, 1.54) is 33.9 Å². The standard InChI is InChI=1S/C40H40N3OS/c1-7-42-32-18-12-9-15-29(32)39(3,4)35(42)25-23-27-21-22-28(37(27)45-38-41-31-17-11-14-20-34(31)44-38)24-26-36-40(5,6)30-16-10-13-19-33(30)43(36)8-2/h9-26H,7-8H2,1-6H3/q+1. The molecule has 2 aliphatic heterocycles. The molecule has 0 unspecified atom stereocenters. The summed E-state index contributed by atoms with van der Waals surface area (Å²) in [5.41, 5.74) is 11.8. The number of anilines is 1. The molecule has 0 atom stereocenters. The number of hydrogen-bond acceptors (Lipinski definition) is 4. The SMILES string of the molecule is CCN1/C(=C/C=C2\C=CC(/C=C/C3=[N+](CC)c4ccccc4C3(C)C)=C2Sc2nc3ccccc3o2)C(C)(C)c2ccccc21. The molecule has 4 nitrogen and oxygen atoms in total. The molecule has 5 heteroatoms. The second kappa shape index (κ2) is 11.2. The Morgan fingerprint density at radius 3 is 2.33 bits per heavy atom. The first kappa shape index (κ1) is 29.4. The third kappa shape index (κ3) is 4.85. The molecular formula is C40H40N3OS+. The summed E-state index contributed by atoms with van der Waals surface area (Å²) in [5, 5.41) is 0.652. The maximum absolute atomic E-state index is 6.20. The van der Waals surface area contributed by atoms with Crippen LogP contribution in [0.1, 0.15) is 52.7 Å². The summed E-state index contributed by atoms with van der Waals surface area (Å²) in [5.74, 6) is 0. The van der Waals surface area contributed by atoms with E-state index < -0.39 is 0 Å². The van der Waals surface area contributed by atoms with Crippen molar-refractivity contribution in [2.24, 2.45) is 0 Å². The van der Waals surface area contributed by atoms with Gasteiger partial charge in [0.1, 0.15) is 12.1 Å². The lowest BCUT2D eigenvalue weighted by molar-refractivity contribution is -0.433. The van der Waals surface area contributed by atoms with Gasteiger partial charge >= 0.3 is 0 Å². The molecule has 0 amide bonds. The Balaban J connectivity index is 1.31. The maximum Gasteiger partial charge on any atom is 0.261 e. The fraction of sp³-hybridized carbons (Fsp3) is 0.250. The van der Waals surface area contributed by atoms with Gasteiger partial charge in [-0.3, -0.25) is 0 Å². The van der Waals surface area contributed by atoms with Crippen molar-refractivity contribution >= 4 is 39.9 Å². The topological polar surface area (TPSA) is 32.3 Å². The van der Waals surface area contributed by atoms with Gasteiger partial charge in [0.15, 0.2) is 11.3 Å². The van der Waals surface area contributed by atoms with Crippen molar-refractivity contribution in [3.05, 3.63) is 142 Å². The quantitative estimate of drug-likeness (QED) is 0.195. The van der Waals surface area contributed by atoms with Crippen LogP contribution in [0.5, 0.6) is 0 Å². The Morgan fingerprint density at radius 2 is 1.56 bits per heavy atom. The molecule has 3 aromatic carbocycles. The summed E-state index contributed by atoms with van der Waals surface area (Å²) in [6, 6.07) is 25.5. The van der Waals surface area contributed by atoms with Gasteiger partial charge in [-0.1, -0.05) is 80.6 Å². The number of rotatable bonds is 7. The summed E-state index contributed by atoms with van der Waals surface area (Å²) in [6.45, 7) is 15.6. The van der Waals surface area contributed by atoms with Gasteiger partial charge in [0, 0.05) is 46.0 Å². The third-order valence-corrected chi connectivity index (χ3v) is 10.5. The Kier molecular flexibility index (Phi) is 7.32. The summed E-state index contributed by atoms with van der Waals surface area (Å²) in [4.78, 5) is 8.40. The molecule has 226 valence electrons. The van der Waals surface area contributed by atoms with Gasteiger partial charge < -0.3 is 9.32 Å². The Morgan fingerprint density at radius 1 is 0.822 bits per heavy atom. The summed E-state index contributed by atoms with van der Waals surface area (Å²) >= 11 is 1.60. The smallest absolute Gasteiger partial charge is 0.261 e. The third-order valence-electron chi connectivity index (χ3n) is 9.50. The average Bonchev–Trinajstić information content (AvgIpc) is 3.74. The number of thioether (sulfide) groups is 1. The molecule has 0 radical (unpaired) electrons. The lowest BCUT2D eigenvalue weighted by Gasteiger charge is -2.26. The number of benzene rings is 3. The van der Waals surface area contributed by atoms with Gasteiger partial charge in [-0.2, -0.15) is 4.58 Å². The largest absolute Gasteiger partial charge is 0.431 e. The van der Waals surface area contributed by atoms with E-state index in [0.29, 0.717) is 5.22 Å². The predicted molar refractivity (Wildman–Crippen MR) is 189 cm³/mol. The molecule has 1 aliphatic carbocycles. The zero-order valence-electron chi connectivity index (χ0n) is 27.0. The number of para-hydroxylation sites is 4. The molecule has 0 saturated heterocycles. The second-order valence-corrected chi connectivity index (χ2v) is 13.8. The number of hydrogen-bond donors (Lipinski definition) is 0. The van der Waals surface area contributed by atoms with Gasteiger partial charge in [-0.15, -0.1) is 0 Å². The summed E-state index contributed by atoms with van der Waals surface area (Å²) in [6.07, 6.45) is 13.6. The Hall–Kier alpha value is -4.35. The fourth-order valence-electron chi connectivity index (χ4n) is 7.16. The van der Waals surface area contributed by atoms with E-state index in [0.717, 1.165) is 40.2 Å². The number of allylic oxidation sites excluding steroid dienone is 9. The highest BCUT2D eigenvalue weighted by molar-refractivity contribution is 8.03. The number of nitrogens with zero attached hydrogens (tertiary/aromatic N) is 3. The first-order valence-electron chi connectivity index (χ1n) is 15.9. The van der Waals surface area contributed by atoms with E-state index in [2.05, 4.69) is 136 Å². The van der Waals surface area contributed by atoms with Crippen molar-refractivity contribution in [2.75, 3.05) is 18.0 Å². The van der Waals surface area contributed by atoms with Crippen LogP contribution in [-0.4, -0.2) is 28.4 Å². The number of fused-ring (bicyclic) bond motifs is 3. The van der Waals surface area contributed by atoms with E-state index in [-0.39, 0.29) is 10.8 Å². The number of aromatic nitrogens is 1. The molecule has 4 aromatic rings. The molecule has 45 heavy (non-hydrogen) atoms. The van der Waals surface area contributed by atoms with Crippen molar-refractivity contribution in [2.45, 2.75) is 57.6 Å². The van der Waals surface area contributed by atoms with Gasteiger partial charge in [0.25, 0.3) is 5.22 Å².